The molecule has 0 aliphatic rings. The molecule has 0 aliphatic heterocycles. The minimum absolute atomic E-state index is 0. The van der Waals surface area contributed by atoms with Crippen molar-refractivity contribution in [1.82, 2.24) is 0 Å². The summed E-state index contributed by atoms with van der Waals surface area (Å²) in [5.41, 5.74) is 5.93. The first-order chi connectivity index (χ1) is 11.7. The van der Waals surface area contributed by atoms with Gasteiger partial charge in [-0.1, -0.05) is 0 Å². The third kappa shape index (κ3) is 3.61. The second kappa shape index (κ2) is 8.60. The zero-order chi connectivity index (χ0) is 16.9. The second-order valence-corrected chi connectivity index (χ2v) is 15.1. The Balaban J connectivity index is 0.00000225. The van der Waals surface area contributed by atoms with Crippen LogP contribution in [0.5, 0.6) is 0 Å². The molecule has 0 atom stereocenters. The number of nitrogens with two attached hydrogens (primary N) is 1. The van der Waals surface area contributed by atoms with Crippen molar-refractivity contribution < 1.29 is 0 Å². The van der Waals surface area contributed by atoms with Crippen LogP contribution in [-0.4, -0.2) is 12.7 Å². The molecular weight excluding hydrogens is 457 g/mol. The predicted molar refractivity (Wildman–Crippen MR) is 123 cm³/mol. The molecule has 2 N–H and O–H groups in total. The number of hydrogen-bond donors (Lipinski definition) is 1. The Morgan fingerprint density at radius 2 is 0.960 bits per heavy atom. The van der Waals surface area contributed by atoms with E-state index in [1.807, 2.05) is 0 Å². The first-order valence-electron chi connectivity index (χ1n) is 8.30. The number of hydrogen-bond acceptors (Lipinski definition) is 1. The first-order valence-corrected chi connectivity index (χ1v) is 12.7. The fraction of sp³-hybridized carbons (Fsp3) is 0.143. The maximum atomic E-state index is 5.93. The average molecular weight is 481 g/mol. The van der Waals surface area contributed by atoms with E-state index in [0.717, 1.165) is 12.6 Å². The van der Waals surface area contributed by atoms with Crippen LogP contribution in [0.4, 0.5) is 0 Å². The van der Waals surface area contributed by atoms with Gasteiger partial charge < -0.3 is 0 Å². The van der Waals surface area contributed by atoms with Crippen LogP contribution in [0.25, 0.3) is 0 Å². The van der Waals surface area contributed by atoms with Crippen LogP contribution in [0.2, 0.25) is 0 Å². The summed E-state index contributed by atoms with van der Waals surface area (Å²) in [4.78, 5) is 0. The number of benzene rings is 3. The van der Waals surface area contributed by atoms with Crippen LogP contribution in [0.3, 0.4) is 0 Å². The van der Waals surface area contributed by atoms with Crippen molar-refractivity contribution in [1.29, 1.82) is 0 Å². The molecule has 0 radical (unpaired) electrons. The van der Waals surface area contributed by atoms with Gasteiger partial charge in [-0.05, 0) is 0 Å². The van der Waals surface area contributed by atoms with Crippen molar-refractivity contribution in [2.24, 2.45) is 5.73 Å². The van der Waals surface area contributed by atoms with Crippen molar-refractivity contribution in [2.45, 2.75) is 6.42 Å². The van der Waals surface area contributed by atoms with E-state index >= 15 is 0 Å². The third-order valence-corrected chi connectivity index (χ3v) is 14.7. The van der Waals surface area contributed by atoms with Gasteiger partial charge in [0.2, 0.25) is 0 Å². The molecular formula is C21H24Br2NP. The van der Waals surface area contributed by atoms with Crippen molar-refractivity contribution in [3.63, 3.8) is 0 Å². The Bertz CT molecular complexity index is 679. The fourth-order valence-electron chi connectivity index (χ4n) is 3.44. The van der Waals surface area contributed by atoms with E-state index in [2.05, 4.69) is 106 Å². The fourth-order valence-corrected chi connectivity index (χ4v) is 11.1. The molecule has 0 spiro atoms. The standard InChI is InChI=1S/C21H23BrNP.BrH/c22-24(18-10-17-23,19-11-4-1-5-12-19,20-13-6-2-7-14-20)21-15-8-3-9-16-21;/h1-9,11-16H,10,17-18,23H2;1H. The van der Waals surface area contributed by atoms with Crippen molar-refractivity contribution in [3.8, 4) is 0 Å². The van der Waals surface area contributed by atoms with Crippen molar-refractivity contribution in [3.05, 3.63) is 91.0 Å². The van der Waals surface area contributed by atoms with Gasteiger partial charge in [0.05, 0.1) is 0 Å². The molecule has 0 aromatic heterocycles. The van der Waals surface area contributed by atoms with Gasteiger partial charge in [-0.3, -0.25) is 0 Å². The van der Waals surface area contributed by atoms with E-state index in [1.165, 1.54) is 15.9 Å². The summed E-state index contributed by atoms with van der Waals surface area (Å²) in [5.74, 6) is 0. The first kappa shape index (κ1) is 20.3. The van der Waals surface area contributed by atoms with Crippen LogP contribution >= 0.6 is 37.8 Å². The molecule has 0 saturated carbocycles. The molecule has 0 amide bonds. The monoisotopic (exact) mass is 479 g/mol. The molecule has 3 rings (SSSR count). The van der Waals surface area contributed by atoms with Gasteiger partial charge >= 0.3 is 153 Å². The van der Waals surface area contributed by atoms with Crippen LogP contribution in [0.1, 0.15) is 6.42 Å². The molecule has 0 aliphatic carbocycles. The summed E-state index contributed by atoms with van der Waals surface area (Å²) in [6.07, 6.45) is 1.99. The molecule has 0 unspecified atom stereocenters. The van der Waals surface area contributed by atoms with E-state index in [4.69, 9.17) is 5.73 Å². The van der Waals surface area contributed by atoms with Crippen molar-refractivity contribution >= 4 is 53.7 Å². The minimum atomic E-state index is -2.72. The van der Waals surface area contributed by atoms with Crippen LogP contribution in [0.15, 0.2) is 91.0 Å². The summed E-state index contributed by atoms with van der Waals surface area (Å²) >= 11 is 4.39. The predicted octanol–water partition coefficient (Wildman–Crippen LogP) is 4.75. The molecule has 132 valence electrons. The molecule has 3 aromatic rings. The van der Waals surface area contributed by atoms with E-state index in [1.54, 1.807) is 0 Å². The normalized spacial score (nSPS) is 12.6. The summed E-state index contributed by atoms with van der Waals surface area (Å²) in [7, 11) is 0. The van der Waals surface area contributed by atoms with Gasteiger partial charge in [0.1, 0.15) is 0 Å². The van der Waals surface area contributed by atoms with E-state index in [-0.39, 0.29) is 17.0 Å². The summed E-state index contributed by atoms with van der Waals surface area (Å²) < 4.78 is 0. The third-order valence-electron chi connectivity index (χ3n) is 4.67. The molecule has 0 heterocycles. The molecule has 25 heavy (non-hydrogen) atoms. The van der Waals surface area contributed by atoms with E-state index in [0.29, 0.717) is 6.54 Å². The Morgan fingerprint density at radius 3 is 1.24 bits per heavy atom. The molecule has 1 nitrogen and oxygen atoms in total. The molecule has 0 saturated heterocycles. The van der Waals surface area contributed by atoms with Gasteiger partial charge in [0.25, 0.3) is 0 Å². The van der Waals surface area contributed by atoms with Gasteiger partial charge in [-0.25, -0.2) is 0 Å². The Kier molecular flexibility index (Phi) is 6.99. The zero-order valence-electron chi connectivity index (χ0n) is 14.1. The van der Waals surface area contributed by atoms with Crippen LogP contribution < -0.4 is 21.6 Å². The van der Waals surface area contributed by atoms with Crippen LogP contribution in [-0.2, 0) is 0 Å². The molecule has 3 aromatic carbocycles. The summed E-state index contributed by atoms with van der Waals surface area (Å²) in [6, 6.07) is 32.5. The molecule has 0 bridgehead atoms. The Morgan fingerprint density at radius 1 is 0.640 bits per heavy atom. The van der Waals surface area contributed by atoms with Gasteiger partial charge in [0.15, 0.2) is 0 Å². The van der Waals surface area contributed by atoms with Crippen molar-refractivity contribution in [2.75, 3.05) is 12.7 Å². The number of halogens is 2. The molecule has 0 fully saturated rings. The SMILES string of the molecule is Br.NCCCP(Br)(c1ccccc1)(c1ccccc1)c1ccccc1. The summed E-state index contributed by atoms with van der Waals surface area (Å²) in [6.45, 7) is 0.690. The quantitative estimate of drug-likeness (QED) is 0.506. The van der Waals surface area contributed by atoms with E-state index in [9.17, 15) is 0 Å². The van der Waals surface area contributed by atoms with Crippen LogP contribution in [0, 0.1) is 0 Å². The maximum absolute atomic E-state index is 5.93. The second-order valence-electron chi connectivity index (χ2n) is 6.06. The average Bonchev–Trinajstić information content (AvgIpc) is 2.68. The summed E-state index contributed by atoms with van der Waals surface area (Å²) in [5, 5.41) is 1.35. The topological polar surface area (TPSA) is 26.0 Å². The molecule has 4 heteroatoms. The number of rotatable bonds is 6. The van der Waals surface area contributed by atoms with Gasteiger partial charge in [-0.15, -0.1) is 17.0 Å². The van der Waals surface area contributed by atoms with E-state index < -0.39 is 5.31 Å². The Labute approximate surface area is 169 Å². The van der Waals surface area contributed by atoms with Gasteiger partial charge in [0, 0.05) is 0 Å². The zero-order valence-corrected chi connectivity index (χ0v) is 18.3. The van der Waals surface area contributed by atoms with Gasteiger partial charge in [-0.2, -0.15) is 0 Å². The Hall–Kier alpha value is -0.990.